The van der Waals surface area contributed by atoms with Crippen molar-refractivity contribution >= 4 is 56.1 Å². The van der Waals surface area contributed by atoms with Crippen LogP contribution in [0, 0.1) is 22.5 Å². The van der Waals surface area contributed by atoms with Crippen LogP contribution in [0.15, 0.2) is 35.3 Å². The van der Waals surface area contributed by atoms with Gasteiger partial charge in [0.05, 0.1) is 30.9 Å². The largest absolute Gasteiger partial charge is 0.304 e. The minimum Gasteiger partial charge on any atom is -0.304 e. The molecular weight excluding hydrogens is 370 g/mol. The number of aromatic nitrogens is 1. The Morgan fingerprint density at radius 2 is 2.17 bits per heavy atom. The average molecular weight is 378 g/mol. The normalized spacial score (nSPS) is 11.6. The monoisotopic (exact) mass is 377 g/mol. The van der Waals surface area contributed by atoms with Crippen LogP contribution in [0.4, 0.5) is 5.69 Å². The highest BCUT2D eigenvalue weighted by Gasteiger charge is 2.13. The number of benzene rings is 1. The highest BCUT2D eigenvalue weighted by Crippen LogP contribution is 2.24. The van der Waals surface area contributed by atoms with Gasteiger partial charge in [0.2, 0.25) is 0 Å². The Kier molecular flexibility index (Phi) is 4.49. The number of rotatable bonds is 3. The Balaban J connectivity index is 2.18. The number of nitrogens with zero attached hydrogens (tertiary/aromatic N) is 3. The van der Waals surface area contributed by atoms with Gasteiger partial charge in [-0.15, -0.1) is 17.8 Å². The molecule has 0 aliphatic heterocycles. The van der Waals surface area contributed by atoms with Crippen molar-refractivity contribution in [2.45, 2.75) is 6.54 Å². The molecule has 0 bridgehead atoms. The summed E-state index contributed by atoms with van der Waals surface area (Å²) in [5.74, 6) is 2.05. The van der Waals surface area contributed by atoms with E-state index in [0.717, 1.165) is 16.0 Å². The topological polar surface area (TPSA) is 77.5 Å². The fourth-order valence-corrected chi connectivity index (χ4v) is 4.01. The van der Waals surface area contributed by atoms with Crippen molar-refractivity contribution in [1.29, 1.82) is 0 Å². The highest BCUT2D eigenvalue weighted by atomic mass is 35.5. The van der Waals surface area contributed by atoms with E-state index in [1.165, 1.54) is 23.5 Å². The van der Waals surface area contributed by atoms with Crippen LogP contribution in [0.2, 0.25) is 4.34 Å². The minimum atomic E-state index is -0.479. The Labute approximate surface area is 148 Å². The second-order valence-corrected chi connectivity index (χ2v) is 7.33. The molecule has 24 heavy (non-hydrogen) atoms. The van der Waals surface area contributed by atoms with Crippen LogP contribution in [-0.4, -0.2) is 15.4 Å². The van der Waals surface area contributed by atoms with Crippen LogP contribution in [0.5, 0.6) is 0 Å². The van der Waals surface area contributed by atoms with E-state index in [9.17, 15) is 14.9 Å². The van der Waals surface area contributed by atoms with Gasteiger partial charge in [0.25, 0.3) is 11.6 Å². The van der Waals surface area contributed by atoms with Crippen molar-refractivity contribution in [3.8, 4) is 12.3 Å². The standard InChI is InChI=1S/C15H8ClN3O3S2/c1-2-7-18-10-8-9(19(21)22)3-4-11(10)24-15(18)17-14(20)12-5-6-13(16)23-12/h1,3-6,8H,7H2. The average Bonchev–Trinajstić information content (AvgIpc) is 3.12. The predicted molar refractivity (Wildman–Crippen MR) is 94.5 cm³/mol. The molecule has 3 aromatic rings. The fourth-order valence-electron chi connectivity index (χ4n) is 2.07. The number of nitro benzene ring substituents is 1. The molecule has 2 heterocycles. The van der Waals surface area contributed by atoms with Crippen molar-refractivity contribution in [3.05, 3.63) is 54.5 Å². The lowest BCUT2D eigenvalue weighted by molar-refractivity contribution is -0.384. The zero-order valence-corrected chi connectivity index (χ0v) is 14.3. The number of carbonyl (C=O) groups is 1. The summed E-state index contributed by atoms with van der Waals surface area (Å²) < 4.78 is 2.86. The molecule has 6 nitrogen and oxygen atoms in total. The van der Waals surface area contributed by atoms with E-state index in [-0.39, 0.29) is 12.2 Å². The van der Waals surface area contributed by atoms with Gasteiger partial charge in [-0.05, 0) is 18.2 Å². The summed E-state index contributed by atoms with van der Waals surface area (Å²) in [6.45, 7) is 0.151. The summed E-state index contributed by atoms with van der Waals surface area (Å²) in [5.41, 5.74) is 0.525. The number of hydrogen-bond acceptors (Lipinski definition) is 5. The molecule has 0 fully saturated rings. The van der Waals surface area contributed by atoms with E-state index in [1.807, 2.05) is 0 Å². The van der Waals surface area contributed by atoms with Gasteiger partial charge in [0.1, 0.15) is 0 Å². The molecule has 0 radical (unpaired) electrons. The number of carbonyl (C=O) groups excluding carboxylic acids is 1. The van der Waals surface area contributed by atoms with Crippen LogP contribution in [0.1, 0.15) is 9.67 Å². The third kappa shape index (κ3) is 3.10. The summed E-state index contributed by atoms with van der Waals surface area (Å²) >= 11 is 8.21. The van der Waals surface area contributed by atoms with Crippen LogP contribution in [0.3, 0.4) is 0 Å². The first kappa shape index (κ1) is 16.4. The van der Waals surface area contributed by atoms with E-state index in [4.69, 9.17) is 18.0 Å². The lowest BCUT2D eigenvalue weighted by Gasteiger charge is -1.99. The van der Waals surface area contributed by atoms with Gasteiger partial charge in [0, 0.05) is 12.1 Å². The fraction of sp³-hybridized carbons (Fsp3) is 0.0667. The van der Waals surface area contributed by atoms with Crippen molar-refractivity contribution in [1.82, 2.24) is 4.57 Å². The summed E-state index contributed by atoms with van der Waals surface area (Å²) in [6.07, 6.45) is 5.38. The lowest BCUT2D eigenvalue weighted by atomic mass is 10.3. The van der Waals surface area contributed by atoms with Crippen molar-refractivity contribution in [2.24, 2.45) is 4.99 Å². The smallest absolute Gasteiger partial charge is 0.289 e. The number of thiophene rings is 1. The molecule has 0 aliphatic carbocycles. The van der Waals surface area contributed by atoms with E-state index in [2.05, 4.69) is 10.9 Å². The Bertz CT molecular complexity index is 1070. The molecule has 120 valence electrons. The maximum Gasteiger partial charge on any atom is 0.289 e. The first-order valence-corrected chi connectivity index (χ1v) is 8.56. The predicted octanol–water partition coefficient (Wildman–Crippen LogP) is 3.70. The van der Waals surface area contributed by atoms with Crippen molar-refractivity contribution in [2.75, 3.05) is 0 Å². The van der Waals surface area contributed by atoms with E-state index in [1.54, 1.807) is 22.8 Å². The Morgan fingerprint density at radius 3 is 2.79 bits per heavy atom. The van der Waals surface area contributed by atoms with Gasteiger partial charge in [-0.2, -0.15) is 4.99 Å². The van der Waals surface area contributed by atoms with Gasteiger partial charge in [-0.3, -0.25) is 14.9 Å². The van der Waals surface area contributed by atoms with Crippen LogP contribution >= 0.6 is 34.3 Å². The molecule has 1 amide bonds. The minimum absolute atomic E-state index is 0.0472. The molecule has 0 aliphatic rings. The van der Waals surface area contributed by atoms with Gasteiger partial charge < -0.3 is 4.57 Å². The summed E-state index contributed by atoms with van der Waals surface area (Å²) in [6, 6.07) is 7.68. The quantitative estimate of drug-likeness (QED) is 0.396. The highest BCUT2D eigenvalue weighted by molar-refractivity contribution is 7.18. The Morgan fingerprint density at radius 1 is 1.38 bits per heavy atom. The molecule has 0 spiro atoms. The van der Waals surface area contributed by atoms with Gasteiger partial charge in [0.15, 0.2) is 4.80 Å². The number of nitro groups is 1. The maximum atomic E-state index is 12.3. The molecular formula is C15H8ClN3O3S2. The second kappa shape index (κ2) is 6.57. The SMILES string of the molecule is C#CCn1c(=NC(=O)c2ccc(Cl)s2)sc2ccc([N+](=O)[O-])cc21. The van der Waals surface area contributed by atoms with Crippen LogP contribution < -0.4 is 4.80 Å². The number of fused-ring (bicyclic) bond motifs is 1. The molecule has 0 N–H and O–H groups in total. The number of thiazole rings is 1. The number of hydrogen-bond donors (Lipinski definition) is 0. The first-order valence-electron chi connectivity index (χ1n) is 6.55. The Hall–Kier alpha value is -2.47. The zero-order chi connectivity index (χ0) is 17.3. The molecule has 0 atom stereocenters. The van der Waals surface area contributed by atoms with Crippen molar-refractivity contribution in [3.63, 3.8) is 0 Å². The van der Waals surface area contributed by atoms with Crippen molar-refractivity contribution < 1.29 is 9.72 Å². The number of amides is 1. The van der Waals surface area contributed by atoms with Gasteiger partial charge in [-0.25, -0.2) is 0 Å². The van der Waals surface area contributed by atoms with E-state index >= 15 is 0 Å². The number of terminal acetylenes is 1. The number of non-ortho nitro benzene ring substituents is 1. The number of halogens is 1. The first-order chi connectivity index (χ1) is 11.5. The van der Waals surface area contributed by atoms with Gasteiger partial charge in [-0.1, -0.05) is 28.9 Å². The molecule has 0 unspecified atom stereocenters. The molecule has 3 rings (SSSR count). The summed E-state index contributed by atoms with van der Waals surface area (Å²) in [5, 5.41) is 11.0. The molecule has 0 saturated heterocycles. The van der Waals surface area contributed by atoms with Crippen LogP contribution in [0.25, 0.3) is 10.2 Å². The molecule has 1 aromatic carbocycles. The second-order valence-electron chi connectivity index (χ2n) is 4.60. The van der Waals surface area contributed by atoms with E-state index < -0.39 is 10.8 Å². The molecule has 2 aromatic heterocycles. The third-order valence-corrected chi connectivity index (χ3v) is 5.39. The molecule has 0 saturated carbocycles. The zero-order valence-electron chi connectivity index (χ0n) is 11.9. The van der Waals surface area contributed by atoms with Gasteiger partial charge >= 0.3 is 0 Å². The maximum absolute atomic E-state index is 12.3. The molecule has 9 heteroatoms. The lowest BCUT2D eigenvalue weighted by Crippen LogP contribution is -2.16. The van der Waals surface area contributed by atoms with Crippen LogP contribution in [-0.2, 0) is 6.54 Å². The summed E-state index contributed by atoms with van der Waals surface area (Å²) in [7, 11) is 0. The third-order valence-electron chi connectivity index (χ3n) is 3.11. The summed E-state index contributed by atoms with van der Waals surface area (Å²) in [4.78, 5) is 27.6. The van der Waals surface area contributed by atoms with E-state index in [0.29, 0.717) is 19.5 Å².